The number of methoxy groups -OCH3 is 1. The van der Waals surface area contributed by atoms with Crippen molar-refractivity contribution >= 4 is 39.9 Å². The van der Waals surface area contributed by atoms with Crippen molar-refractivity contribution in [2.75, 3.05) is 13.7 Å². The highest BCUT2D eigenvalue weighted by Gasteiger charge is 2.49. The average Bonchev–Trinajstić information content (AvgIpc) is 3.47. The van der Waals surface area contributed by atoms with E-state index in [1.165, 1.54) is 0 Å². The second-order valence-electron chi connectivity index (χ2n) is 8.66. The lowest BCUT2D eigenvalue weighted by molar-refractivity contribution is 0.0581. The van der Waals surface area contributed by atoms with E-state index >= 15 is 0 Å². The molecule has 1 saturated heterocycles. The van der Waals surface area contributed by atoms with Gasteiger partial charge in [-0.25, -0.2) is 9.97 Å². The van der Waals surface area contributed by atoms with Crippen LogP contribution >= 0.6 is 22.9 Å². The zero-order chi connectivity index (χ0) is 23.3. The zero-order valence-electron chi connectivity index (χ0n) is 19.0. The summed E-state index contributed by atoms with van der Waals surface area (Å²) in [6.45, 7) is 4.47. The Balaban J connectivity index is 1.62. The Morgan fingerprint density at radius 2 is 1.97 bits per heavy atom. The van der Waals surface area contributed by atoms with Gasteiger partial charge >= 0.3 is 0 Å². The first kappa shape index (κ1) is 22.1. The van der Waals surface area contributed by atoms with Crippen molar-refractivity contribution < 1.29 is 9.53 Å². The minimum atomic E-state index is -0.663. The predicted molar refractivity (Wildman–Crippen MR) is 132 cm³/mol. The topological polar surface area (TPSA) is 60.2 Å². The van der Waals surface area contributed by atoms with Gasteiger partial charge in [0.25, 0.3) is 5.91 Å². The minimum Gasteiger partial charge on any atom is -0.380 e. The number of imidazole rings is 1. The average molecular weight is 481 g/mol. The molecule has 8 heteroatoms. The van der Waals surface area contributed by atoms with Gasteiger partial charge in [0.2, 0.25) is 0 Å². The van der Waals surface area contributed by atoms with Crippen LogP contribution in [0.15, 0.2) is 48.5 Å². The van der Waals surface area contributed by atoms with Crippen LogP contribution in [0.25, 0.3) is 21.5 Å². The van der Waals surface area contributed by atoms with Gasteiger partial charge in [-0.15, -0.1) is 11.3 Å². The Labute approximate surface area is 201 Å². The molecule has 2 aromatic heterocycles. The molecule has 0 radical (unpaired) electrons. The van der Waals surface area contributed by atoms with Crippen LogP contribution in [0.2, 0.25) is 5.02 Å². The molecule has 0 bridgehead atoms. The van der Waals surface area contributed by atoms with Crippen LogP contribution in [0, 0.1) is 6.92 Å². The van der Waals surface area contributed by atoms with E-state index < -0.39 is 5.54 Å². The molecule has 0 spiro atoms. The summed E-state index contributed by atoms with van der Waals surface area (Å²) in [7, 11) is 3.67. The van der Waals surface area contributed by atoms with Crippen LogP contribution < -0.4 is 0 Å². The molecule has 3 heterocycles. The molecule has 0 aliphatic carbocycles. The number of rotatable bonds is 4. The van der Waals surface area contributed by atoms with Gasteiger partial charge in [-0.2, -0.15) is 0 Å². The molecule has 1 aliphatic rings. The van der Waals surface area contributed by atoms with Gasteiger partial charge in [-0.1, -0.05) is 41.9 Å². The van der Waals surface area contributed by atoms with E-state index in [0.717, 1.165) is 32.3 Å². The Kier molecular flexibility index (Phi) is 5.51. The number of amides is 1. The van der Waals surface area contributed by atoms with Crippen LogP contribution in [-0.4, -0.2) is 45.1 Å². The summed E-state index contributed by atoms with van der Waals surface area (Å²) < 4.78 is 7.78. The number of aryl methyl sites for hydroxylation is 2. The third kappa shape index (κ3) is 3.64. The summed E-state index contributed by atoms with van der Waals surface area (Å²) >= 11 is 7.76. The summed E-state index contributed by atoms with van der Waals surface area (Å²) in [5.41, 5.74) is 2.59. The predicted octanol–water partition coefficient (Wildman–Crippen LogP) is 5.43. The van der Waals surface area contributed by atoms with Crippen molar-refractivity contribution in [1.82, 2.24) is 19.4 Å². The highest BCUT2D eigenvalue weighted by molar-refractivity contribution is 7.15. The lowest BCUT2D eigenvalue weighted by Crippen LogP contribution is -2.44. The van der Waals surface area contributed by atoms with Gasteiger partial charge in [0.05, 0.1) is 27.0 Å². The summed E-state index contributed by atoms with van der Waals surface area (Å²) in [6.07, 6.45) is 0.548. The van der Waals surface area contributed by atoms with Gasteiger partial charge in [-0.3, -0.25) is 4.79 Å². The maximum Gasteiger partial charge on any atom is 0.274 e. The third-order valence-electron chi connectivity index (χ3n) is 6.48. The largest absolute Gasteiger partial charge is 0.380 e. The fourth-order valence-electron chi connectivity index (χ4n) is 4.84. The summed E-state index contributed by atoms with van der Waals surface area (Å²) in [5.74, 6) is 0.700. The van der Waals surface area contributed by atoms with Gasteiger partial charge in [0, 0.05) is 32.1 Å². The second-order valence-corrected chi connectivity index (χ2v) is 10.3. The number of carbonyl (C=O) groups excluding carboxylic acids is 1. The van der Waals surface area contributed by atoms with Gasteiger partial charge in [0.1, 0.15) is 17.1 Å². The molecule has 33 heavy (non-hydrogen) atoms. The highest BCUT2D eigenvalue weighted by atomic mass is 35.5. The standard InChI is InChI=1S/C25H25ClN4O2S/c1-15-27-21(22(33-15)16-8-6-5-7-9-16)23(31)30-14-18(32-4)13-25(30,2)24-28-19-12-17(26)10-11-20(19)29(24)3/h5-12,18H,13-14H2,1-4H3/t18-,25?/m1/s1. The highest BCUT2D eigenvalue weighted by Crippen LogP contribution is 2.42. The second kappa shape index (κ2) is 8.24. The number of carbonyl (C=O) groups is 1. The smallest absolute Gasteiger partial charge is 0.274 e. The number of fused-ring (bicyclic) bond motifs is 1. The normalized spacial score (nSPS) is 20.6. The molecule has 0 saturated carbocycles. The van der Waals surface area contributed by atoms with Crippen molar-refractivity contribution in [3.8, 4) is 10.4 Å². The monoisotopic (exact) mass is 480 g/mol. The first-order chi connectivity index (χ1) is 15.8. The molecule has 1 fully saturated rings. The molecule has 1 aliphatic heterocycles. The summed E-state index contributed by atoms with van der Waals surface area (Å²) in [6, 6.07) is 15.6. The van der Waals surface area contributed by atoms with Crippen molar-refractivity contribution in [2.45, 2.75) is 31.9 Å². The number of aromatic nitrogens is 3. The lowest BCUT2D eigenvalue weighted by atomic mass is 9.96. The molecule has 5 rings (SSSR count). The molecule has 2 aromatic carbocycles. The van der Waals surface area contributed by atoms with Gasteiger partial charge in [-0.05, 0) is 37.6 Å². The van der Waals surface area contributed by atoms with Crippen LogP contribution in [0.4, 0.5) is 0 Å². The van der Waals surface area contributed by atoms with E-state index in [9.17, 15) is 4.79 Å². The number of hydrogen-bond donors (Lipinski definition) is 0. The van der Waals surface area contributed by atoms with E-state index in [4.69, 9.17) is 21.3 Å². The lowest BCUT2D eigenvalue weighted by Gasteiger charge is -2.34. The van der Waals surface area contributed by atoms with Crippen LogP contribution in [0.5, 0.6) is 0 Å². The third-order valence-corrected chi connectivity index (χ3v) is 7.74. The Bertz CT molecular complexity index is 1350. The molecule has 1 amide bonds. The van der Waals surface area contributed by atoms with Crippen LogP contribution in [-0.2, 0) is 17.3 Å². The molecule has 170 valence electrons. The first-order valence-corrected chi connectivity index (χ1v) is 12.0. The molecular weight excluding hydrogens is 456 g/mol. The van der Waals surface area contributed by atoms with E-state index in [2.05, 4.69) is 11.9 Å². The van der Waals surface area contributed by atoms with Crippen LogP contribution in [0.1, 0.15) is 34.7 Å². The number of thiazole rings is 1. The summed E-state index contributed by atoms with van der Waals surface area (Å²) in [5, 5.41) is 1.50. The molecule has 2 atom stereocenters. The number of benzene rings is 2. The van der Waals surface area contributed by atoms with Crippen molar-refractivity contribution in [3.05, 3.63) is 70.1 Å². The molecule has 6 nitrogen and oxygen atoms in total. The first-order valence-electron chi connectivity index (χ1n) is 10.8. The van der Waals surface area contributed by atoms with Gasteiger partial charge in [0.15, 0.2) is 0 Å². The quantitative estimate of drug-likeness (QED) is 0.390. The Hall–Kier alpha value is -2.74. The number of nitrogens with zero attached hydrogens (tertiary/aromatic N) is 4. The minimum absolute atomic E-state index is 0.0951. The zero-order valence-corrected chi connectivity index (χ0v) is 20.6. The molecule has 0 N–H and O–H groups in total. The maximum absolute atomic E-state index is 14.0. The number of hydrogen-bond acceptors (Lipinski definition) is 5. The number of halogens is 1. The van der Waals surface area contributed by atoms with Crippen molar-refractivity contribution in [3.63, 3.8) is 0 Å². The van der Waals surface area contributed by atoms with Gasteiger partial charge < -0.3 is 14.2 Å². The number of ether oxygens (including phenoxy) is 1. The van der Waals surface area contributed by atoms with E-state index in [0.29, 0.717) is 23.7 Å². The molecule has 4 aromatic rings. The Morgan fingerprint density at radius 3 is 2.70 bits per heavy atom. The van der Waals surface area contributed by atoms with E-state index in [-0.39, 0.29) is 12.0 Å². The van der Waals surface area contributed by atoms with E-state index in [1.54, 1.807) is 18.4 Å². The van der Waals surface area contributed by atoms with E-state index in [1.807, 2.05) is 72.0 Å². The fourth-order valence-corrected chi connectivity index (χ4v) is 5.92. The van der Waals surface area contributed by atoms with Crippen molar-refractivity contribution in [2.24, 2.45) is 7.05 Å². The summed E-state index contributed by atoms with van der Waals surface area (Å²) in [4.78, 5) is 26.4. The maximum atomic E-state index is 14.0. The van der Waals surface area contributed by atoms with Crippen molar-refractivity contribution in [1.29, 1.82) is 0 Å². The molecular formula is C25H25ClN4O2S. The fraction of sp³-hybridized carbons (Fsp3) is 0.320. The SMILES string of the molecule is CO[C@H]1CN(C(=O)c2nc(C)sc2-c2ccccc2)C(C)(c2nc3cc(Cl)ccc3n2C)C1. The Morgan fingerprint density at radius 1 is 1.21 bits per heavy atom. The number of likely N-dealkylation sites (tertiary alicyclic amines) is 1. The van der Waals surface area contributed by atoms with Crippen LogP contribution in [0.3, 0.4) is 0 Å². The molecule has 1 unspecified atom stereocenters.